The Kier molecular flexibility index (Phi) is 6.44. The van der Waals surface area contributed by atoms with Gasteiger partial charge in [0.1, 0.15) is 0 Å². The summed E-state index contributed by atoms with van der Waals surface area (Å²) in [7, 11) is 0. The Bertz CT molecular complexity index is 377. The number of benzene rings is 1. The van der Waals surface area contributed by atoms with Crippen LogP contribution in [0.3, 0.4) is 0 Å². The van der Waals surface area contributed by atoms with Crippen molar-refractivity contribution in [3.05, 3.63) is 35.4 Å². The molecule has 3 nitrogen and oxygen atoms in total. The number of amides is 1. The van der Waals surface area contributed by atoms with Crippen LogP contribution in [0, 0.1) is 6.92 Å². The molecule has 1 N–H and O–H groups in total. The second-order valence-corrected chi connectivity index (χ2v) is 4.44. The Labute approximate surface area is 110 Å². The highest BCUT2D eigenvalue weighted by Gasteiger charge is 2.12. The minimum atomic E-state index is 0.224. The number of hydrogen-bond acceptors (Lipinski definition) is 2. The second kappa shape index (κ2) is 7.88. The van der Waals surface area contributed by atoms with Crippen LogP contribution in [-0.4, -0.2) is 30.4 Å². The molecule has 0 radical (unpaired) electrons. The fourth-order valence-corrected chi connectivity index (χ4v) is 1.90. The number of nitrogens with one attached hydrogen (secondary N) is 1. The standard InChI is InChI=1S/C15H24N2O/c1-4-16-11-10-15(18)17(5-2)12-14-9-7-6-8-13(14)3/h6-9,16H,4-5,10-12H2,1-3H3. The quantitative estimate of drug-likeness (QED) is 0.751. The molecule has 3 heteroatoms. The first kappa shape index (κ1) is 14.7. The van der Waals surface area contributed by atoms with Crippen molar-refractivity contribution in [3.63, 3.8) is 0 Å². The summed E-state index contributed by atoms with van der Waals surface area (Å²) >= 11 is 0. The van der Waals surface area contributed by atoms with Gasteiger partial charge in [-0.05, 0) is 31.5 Å². The number of hydrogen-bond donors (Lipinski definition) is 1. The Morgan fingerprint density at radius 2 is 2.00 bits per heavy atom. The van der Waals surface area contributed by atoms with E-state index in [-0.39, 0.29) is 5.91 Å². The second-order valence-electron chi connectivity index (χ2n) is 4.44. The van der Waals surface area contributed by atoms with E-state index >= 15 is 0 Å². The van der Waals surface area contributed by atoms with Crippen molar-refractivity contribution in [3.8, 4) is 0 Å². The number of aryl methyl sites for hydroxylation is 1. The molecule has 0 aliphatic rings. The predicted molar refractivity (Wildman–Crippen MR) is 75.4 cm³/mol. The lowest BCUT2D eigenvalue weighted by molar-refractivity contribution is -0.131. The largest absolute Gasteiger partial charge is 0.339 e. The van der Waals surface area contributed by atoms with Gasteiger partial charge in [-0.1, -0.05) is 31.2 Å². The van der Waals surface area contributed by atoms with Gasteiger partial charge in [-0.25, -0.2) is 0 Å². The molecule has 18 heavy (non-hydrogen) atoms. The SMILES string of the molecule is CCNCCC(=O)N(CC)Cc1ccccc1C. The molecule has 1 rings (SSSR count). The molecule has 0 aliphatic carbocycles. The molecule has 0 aromatic heterocycles. The van der Waals surface area contributed by atoms with E-state index in [0.717, 1.165) is 19.6 Å². The highest BCUT2D eigenvalue weighted by molar-refractivity contribution is 5.76. The van der Waals surface area contributed by atoms with Gasteiger partial charge in [-0.2, -0.15) is 0 Å². The normalized spacial score (nSPS) is 10.4. The van der Waals surface area contributed by atoms with Gasteiger partial charge < -0.3 is 10.2 Å². The first-order valence-corrected chi connectivity index (χ1v) is 6.72. The Morgan fingerprint density at radius 1 is 1.28 bits per heavy atom. The van der Waals surface area contributed by atoms with Crippen molar-refractivity contribution in [1.29, 1.82) is 0 Å². The third-order valence-corrected chi connectivity index (χ3v) is 3.12. The van der Waals surface area contributed by atoms with E-state index in [0.29, 0.717) is 13.0 Å². The average Bonchev–Trinajstić information content (AvgIpc) is 2.38. The minimum absolute atomic E-state index is 0.224. The van der Waals surface area contributed by atoms with Crippen LogP contribution in [-0.2, 0) is 11.3 Å². The molecule has 1 aromatic carbocycles. The lowest BCUT2D eigenvalue weighted by Crippen LogP contribution is -2.32. The van der Waals surface area contributed by atoms with Crippen LogP contribution >= 0.6 is 0 Å². The van der Waals surface area contributed by atoms with Crippen LogP contribution in [0.2, 0.25) is 0 Å². The highest BCUT2D eigenvalue weighted by Crippen LogP contribution is 2.11. The number of carbonyl (C=O) groups is 1. The van der Waals surface area contributed by atoms with Crippen LogP contribution in [0.1, 0.15) is 31.4 Å². The molecule has 0 saturated heterocycles. The van der Waals surface area contributed by atoms with E-state index in [1.54, 1.807) is 0 Å². The fraction of sp³-hybridized carbons (Fsp3) is 0.533. The monoisotopic (exact) mass is 248 g/mol. The number of rotatable bonds is 7. The zero-order chi connectivity index (χ0) is 13.4. The Hall–Kier alpha value is -1.35. The van der Waals surface area contributed by atoms with Gasteiger partial charge >= 0.3 is 0 Å². The van der Waals surface area contributed by atoms with E-state index in [9.17, 15) is 4.79 Å². The molecule has 0 unspecified atom stereocenters. The van der Waals surface area contributed by atoms with Crippen LogP contribution in [0.25, 0.3) is 0 Å². The number of carbonyl (C=O) groups excluding carboxylic acids is 1. The lowest BCUT2D eigenvalue weighted by Gasteiger charge is -2.22. The Balaban J connectivity index is 2.56. The van der Waals surface area contributed by atoms with Gasteiger partial charge in [-0.3, -0.25) is 4.79 Å². The molecular formula is C15H24N2O. The zero-order valence-corrected chi connectivity index (χ0v) is 11.7. The van der Waals surface area contributed by atoms with Gasteiger partial charge in [0.2, 0.25) is 5.91 Å². The average molecular weight is 248 g/mol. The smallest absolute Gasteiger partial charge is 0.224 e. The molecule has 100 valence electrons. The number of nitrogens with zero attached hydrogens (tertiary/aromatic N) is 1. The van der Waals surface area contributed by atoms with Crippen LogP contribution in [0.15, 0.2) is 24.3 Å². The van der Waals surface area contributed by atoms with E-state index in [2.05, 4.69) is 31.3 Å². The van der Waals surface area contributed by atoms with E-state index in [1.165, 1.54) is 11.1 Å². The molecule has 0 spiro atoms. The van der Waals surface area contributed by atoms with Gasteiger partial charge in [0.25, 0.3) is 0 Å². The summed E-state index contributed by atoms with van der Waals surface area (Å²) in [6.45, 7) is 9.33. The summed E-state index contributed by atoms with van der Waals surface area (Å²) in [5.74, 6) is 0.224. The molecule has 0 fully saturated rings. The topological polar surface area (TPSA) is 32.3 Å². The van der Waals surface area contributed by atoms with Crippen molar-refractivity contribution in [2.75, 3.05) is 19.6 Å². The maximum absolute atomic E-state index is 12.1. The van der Waals surface area contributed by atoms with Crippen molar-refractivity contribution in [2.24, 2.45) is 0 Å². The molecule has 0 aliphatic heterocycles. The third-order valence-electron chi connectivity index (χ3n) is 3.12. The molecule has 0 atom stereocenters. The summed E-state index contributed by atoms with van der Waals surface area (Å²) in [4.78, 5) is 14.0. The third kappa shape index (κ3) is 4.49. The summed E-state index contributed by atoms with van der Waals surface area (Å²) < 4.78 is 0. The summed E-state index contributed by atoms with van der Waals surface area (Å²) in [5.41, 5.74) is 2.48. The molecule has 1 aromatic rings. The summed E-state index contributed by atoms with van der Waals surface area (Å²) in [5, 5.41) is 3.19. The van der Waals surface area contributed by atoms with E-state index in [4.69, 9.17) is 0 Å². The maximum atomic E-state index is 12.1. The maximum Gasteiger partial charge on any atom is 0.224 e. The first-order valence-electron chi connectivity index (χ1n) is 6.72. The molecule has 0 heterocycles. The summed E-state index contributed by atoms with van der Waals surface area (Å²) in [6.07, 6.45) is 0.577. The molecule has 0 bridgehead atoms. The first-order chi connectivity index (χ1) is 8.69. The lowest BCUT2D eigenvalue weighted by atomic mass is 10.1. The zero-order valence-electron chi connectivity index (χ0n) is 11.7. The van der Waals surface area contributed by atoms with Gasteiger partial charge in [0, 0.05) is 26.1 Å². The van der Waals surface area contributed by atoms with Gasteiger partial charge in [0.05, 0.1) is 0 Å². The highest BCUT2D eigenvalue weighted by atomic mass is 16.2. The molecular weight excluding hydrogens is 224 g/mol. The van der Waals surface area contributed by atoms with Crippen LogP contribution in [0.4, 0.5) is 0 Å². The van der Waals surface area contributed by atoms with E-state index in [1.807, 2.05) is 24.0 Å². The van der Waals surface area contributed by atoms with Crippen molar-refractivity contribution in [2.45, 2.75) is 33.7 Å². The van der Waals surface area contributed by atoms with Crippen molar-refractivity contribution in [1.82, 2.24) is 10.2 Å². The van der Waals surface area contributed by atoms with Crippen molar-refractivity contribution >= 4 is 5.91 Å². The minimum Gasteiger partial charge on any atom is -0.339 e. The fourth-order valence-electron chi connectivity index (χ4n) is 1.90. The summed E-state index contributed by atoms with van der Waals surface area (Å²) in [6, 6.07) is 8.24. The van der Waals surface area contributed by atoms with Crippen molar-refractivity contribution < 1.29 is 4.79 Å². The predicted octanol–water partition coefficient (Wildman–Crippen LogP) is 2.34. The molecule has 0 saturated carbocycles. The van der Waals surface area contributed by atoms with E-state index < -0.39 is 0 Å². The van der Waals surface area contributed by atoms with Gasteiger partial charge in [-0.15, -0.1) is 0 Å². The van der Waals surface area contributed by atoms with Crippen LogP contribution in [0.5, 0.6) is 0 Å². The molecule has 1 amide bonds. The van der Waals surface area contributed by atoms with Crippen LogP contribution < -0.4 is 5.32 Å². The Morgan fingerprint density at radius 3 is 2.61 bits per heavy atom. The van der Waals surface area contributed by atoms with Gasteiger partial charge in [0.15, 0.2) is 0 Å².